The molecule has 15 heavy (non-hydrogen) atoms. The Balaban J connectivity index is 1.98. The first-order valence-electron chi connectivity index (χ1n) is 4.83. The Kier molecular flexibility index (Phi) is 1.71. The fraction of sp³-hybridized carbons (Fsp3) is 0.300. The maximum atomic E-state index is 11.9. The Morgan fingerprint density at radius 3 is 3.07 bits per heavy atom. The van der Waals surface area contributed by atoms with Crippen molar-refractivity contribution in [1.82, 2.24) is 14.7 Å². The van der Waals surface area contributed by atoms with Crippen molar-refractivity contribution in [2.45, 2.75) is 18.8 Å². The largest absolute Gasteiger partial charge is 0.360 e. The number of hydrogen-bond acceptors (Lipinski definition) is 4. The molecule has 1 aliphatic carbocycles. The lowest BCUT2D eigenvalue weighted by molar-refractivity contribution is 0.0957. The molecule has 2 aromatic heterocycles. The molecule has 2 heterocycles. The van der Waals surface area contributed by atoms with Crippen molar-refractivity contribution in [1.29, 1.82) is 0 Å². The Hall–Kier alpha value is -1.91. The van der Waals surface area contributed by atoms with Crippen molar-refractivity contribution in [2.75, 3.05) is 0 Å². The van der Waals surface area contributed by atoms with Crippen LogP contribution in [0.5, 0.6) is 0 Å². The standard InChI is InChI=1S/C10H9N3O2/c14-10(13-4-3-11-6-13)8-5-12-15-9(8)7-1-2-7/h3-7H,1-2H2. The van der Waals surface area contributed by atoms with Crippen LogP contribution in [-0.4, -0.2) is 20.6 Å². The van der Waals surface area contributed by atoms with Crippen LogP contribution in [0.1, 0.15) is 34.9 Å². The molecule has 1 saturated carbocycles. The molecular weight excluding hydrogens is 194 g/mol. The number of rotatable bonds is 2. The van der Waals surface area contributed by atoms with E-state index in [4.69, 9.17) is 4.52 Å². The highest BCUT2D eigenvalue weighted by Gasteiger charge is 2.32. The third-order valence-corrected chi connectivity index (χ3v) is 2.52. The minimum Gasteiger partial charge on any atom is -0.360 e. The van der Waals surface area contributed by atoms with E-state index in [0.29, 0.717) is 17.2 Å². The molecule has 76 valence electrons. The summed E-state index contributed by atoms with van der Waals surface area (Å²) >= 11 is 0. The normalized spacial score (nSPS) is 15.5. The van der Waals surface area contributed by atoms with Crippen molar-refractivity contribution in [2.24, 2.45) is 0 Å². The maximum absolute atomic E-state index is 11.9. The van der Waals surface area contributed by atoms with Gasteiger partial charge in [-0.25, -0.2) is 4.98 Å². The summed E-state index contributed by atoms with van der Waals surface area (Å²) in [4.78, 5) is 15.8. The molecule has 0 amide bonds. The average Bonchev–Trinajstić information content (AvgIpc) is 2.82. The van der Waals surface area contributed by atoms with Gasteiger partial charge in [0.1, 0.15) is 11.9 Å². The number of carbonyl (C=O) groups is 1. The molecule has 0 radical (unpaired) electrons. The van der Waals surface area contributed by atoms with Gasteiger partial charge in [0, 0.05) is 18.3 Å². The van der Waals surface area contributed by atoms with E-state index in [-0.39, 0.29) is 5.91 Å². The summed E-state index contributed by atoms with van der Waals surface area (Å²) < 4.78 is 6.53. The molecule has 2 aromatic rings. The van der Waals surface area contributed by atoms with Crippen molar-refractivity contribution in [3.8, 4) is 0 Å². The van der Waals surface area contributed by atoms with Gasteiger partial charge in [0.2, 0.25) is 0 Å². The van der Waals surface area contributed by atoms with Gasteiger partial charge in [-0.05, 0) is 12.8 Å². The van der Waals surface area contributed by atoms with Crippen molar-refractivity contribution in [3.63, 3.8) is 0 Å². The molecule has 1 aliphatic rings. The monoisotopic (exact) mass is 203 g/mol. The van der Waals surface area contributed by atoms with Gasteiger partial charge < -0.3 is 4.52 Å². The third-order valence-electron chi connectivity index (χ3n) is 2.52. The van der Waals surface area contributed by atoms with Gasteiger partial charge in [-0.2, -0.15) is 0 Å². The van der Waals surface area contributed by atoms with Gasteiger partial charge in [0.15, 0.2) is 5.76 Å². The summed E-state index contributed by atoms with van der Waals surface area (Å²) in [5.41, 5.74) is 0.551. The lowest BCUT2D eigenvalue weighted by Crippen LogP contribution is -2.10. The molecule has 0 aromatic carbocycles. The van der Waals surface area contributed by atoms with Crippen LogP contribution in [0.3, 0.4) is 0 Å². The molecule has 0 aliphatic heterocycles. The fourth-order valence-corrected chi connectivity index (χ4v) is 1.57. The van der Waals surface area contributed by atoms with Crippen LogP contribution < -0.4 is 0 Å². The number of carbonyl (C=O) groups excluding carboxylic acids is 1. The second-order valence-corrected chi connectivity index (χ2v) is 3.65. The Morgan fingerprint density at radius 2 is 2.40 bits per heavy atom. The molecular formula is C10H9N3O2. The van der Waals surface area contributed by atoms with E-state index < -0.39 is 0 Å². The molecule has 1 fully saturated rings. The van der Waals surface area contributed by atoms with E-state index in [2.05, 4.69) is 10.1 Å². The summed E-state index contributed by atoms with van der Waals surface area (Å²) in [5, 5.41) is 3.68. The van der Waals surface area contributed by atoms with E-state index in [1.807, 2.05) is 0 Å². The molecule has 3 rings (SSSR count). The first-order chi connectivity index (χ1) is 7.36. The van der Waals surface area contributed by atoms with Crippen LogP contribution in [0, 0.1) is 0 Å². The zero-order valence-corrected chi connectivity index (χ0v) is 7.96. The van der Waals surface area contributed by atoms with E-state index in [9.17, 15) is 4.79 Å². The fourth-order valence-electron chi connectivity index (χ4n) is 1.57. The zero-order valence-electron chi connectivity index (χ0n) is 7.96. The average molecular weight is 203 g/mol. The number of aromatic nitrogens is 3. The third kappa shape index (κ3) is 1.36. The van der Waals surface area contributed by atoms with E-state index in [1.54, 1.807) is 12.4 Å². The van der Waals surface area contributed by atoms with Crippen LogP contribution in [0.25, 0.3) is 0 Å². The summed E-state index contributed by atoms with van der Waals surface area (Å²) in [6, 6.07) is 0. The highest BCUT2D eigenvalue weighted by Crippen LogP contribution is 2.41. The van der Waals surface area contributed by atoms with Crippen molar-refractivity contribution >= 4 is 5.91 Å². The Morgan fingerprint density at radius 1 is 1.53 bits per heavy atom. The van der Waals surface area contributed by atoms with E-state index in [0.717, 1.165) is 12.8 Å². The number of hydrogen-bond donors (Lipinski definition) is 0. The van der Waals surface area contributed by atoms with Gasteiger partial charge in [-0.3, -0.25) is 9.36 Å². The molecule has 5 heteroatoms. The summed E-state index contributed by atoms with van der Waals surface area (Å²) in [6.45, 7) is 0. The Bertz CT molecular complexity index is 483. The second kappa shape index (κ2) is 3.05. The van der Waals surface area contributed by atoms with Gasteiger partial charge in [0.25, 0.3) is 5.91 Å². The van der Waals surface area contributed by atoms with Gasteiger partial charge in [0.05, 0.1) is 6.20 Å². The van der Waals surface area contributed by atoms with Gasteiger partial charge in [-0.15, -0.1) is 0 Å². The summed E-state index contributed by atoms with van der Waals surface area (Å²) in [5.74, 6) is 0.972. The van der Waals surface area contributed by atoms with E-state index in [1.165, 1.54) is 17.1 Å². The highest BCUT2D eigenvalue weighted by molar-refractivity contribution is 5.96. The highest BCUT2D eigenvalue weighted by atomic mass is 16.5. The molecule has 0 atom stereocenters. The van der Waals surface area contributed by atoms with Crippen LogP contribution in [0.4, 0.5) is 0 Å². The predicted molar refractivity (Wildman–Crippen MR) is 50.4 cm³/mol. The summed E-state index contributed by atoms with van der Waals surface area (Å²) in [6.07, 6.45) is 8.31. The smallest absolute Gasteiger partial charge is 0.268 e. The second-order valence-electron chi connectivity index (χ2n) is 3.65. The molecule has 0 saturated heterocycles. The lowest BCUT2D eigenvalue weighted by atomic mass is 10.2. The molecule has 0 bridgehead atoms. The zero-order chi connectivity index (χ0) is 10.3. The van der Waals surface area contributed by atoms with Gasteiger partial charge in [-0.1, -0.05) is 5.16 Å². The predicted octanol–water partition coefficient (Wildman–Crippen LogP) is 1.44. The summed E-state index contributed by atoms with van der Waals surface area (Å²) in [7, 11) is 0. The first kappa shape index (κ1) is 8.40. The SMILES string of the molecule is O=C(c1cnoc1C1CC1)n1ccnc1. The van der Waals surface area contributed by atoms with Gasteiger partial charge >= 0.3 is 0 Å². The maximum Gasteiger partial charge on any atom is 0.268 e. The van der Waals surface area contributed by atoms with Crippen molar-refractivity contribution in [3.05, 3.63) is 36.2 Å². The first-order valence-corrected chi connectivity index (χ1v) is 4.83. The topological polar surface area (TPSA) is 60.9 Å². The molecule has 5 nitrogen and oxygen atoms in total. The molecule has 0 spiro atoms. The number of imidazole rings is 1. The van der Waals surface area contributed by atoms with Crippen LogP contribution in [-0.2, 0) is 0 Å². The molecule has 0 unspecified atom stereocenters. The van der Waals surface area contributed by atoms with Crippen LogP contribution in [0.15, 0.2) is 29.4 Å². The van der Waals surface area contributed by atoms with E-state index >= 15 is 0 Å². The minimum absolute atomic E-state index is 0.129. The number of nitrogens with zero attached hydrogens (tertiary/aromatic N) is 3. The minimum atomic E-state index is -0.129. The van der Waals surface area contributed by atoms with Crippen LogP contribution >= 0.6 is 0 Å². The Labute approximate surface area is 85.7 Å². The molecule has 0 N–H and O–H groups in total. The lowest BCUT2D eigenvalue weighted by Gasteiger charge is -1.98. The quantitative estimate of drug-likeness (QED) is 0.740. The van der Waals surface area contributed by atoms with Crippen molar-refractivity contribution < 1.29 is 9.32 Å². The van der Waals surface area contributed by atoms with Crippen LogP contribution in [0.2, 0.25) is 0 Å².